The second-order valence-corrected chi connectivity index (χ2v) is 22.5. The summed E-state index contributed by atoms with van der Waals surface area (Å²) in [5.41, 5.74) is 0. The second-order valence-electron chi connectivity index (χ2n) is 22.5. The Morgan fingerprint density at radius 1 is 0.279 bits per heavy atom. The normalized spacial score (nSPS) is 15.6. The van der Waals surface area contributed by atoms with Crippen molar-refractivity contribution < 1.29 is 34.0 Å². The van der Waals surface area contributed by atoms with E-state index < -0.39 is 0 Å². The van der Waals surface area contributed by atoms with Crippen LogP contribution in [-0.2, 0) is 14.2 Å². The lowest BCUT2D eigenvalue weighted by molar-refractivity contribution is -0.910. The predicted octanol–water partition coefficient (Wildman–Crippen LogP) is 16.7. The number of quaternary nitrogens is 1. The zero-order valence-corrected chi connectivity index (χ0v) is 47.4. The van der Waals surface area contributed by atoms with Crippen LogP contribution >= 0.6 is 0 Å². The topological polar surface area (TPSA) is 88.4 Å². The van der Waals surface area contributed by atoms with E-state index >= 15 is 0 Å². The van der Waals surface area contributed by atoms with E-state index in [0.29, 0.717) is 0 Å². The van der Waals surface area contributed by atoms with Gasteiger partial charge in [0, 0.05) is 39.6 Å². The summed E-state index contributed by atoms with van der Waals surface area (Å²) in [4.78, 5) is 0. The zero-order chi connectivity index (χ0) is 50.0. The second kappa shape index (κ2) is 51.6. The maximum Gasteiger partial charge on any atom is 0.0784 e. The van der Waals surface area contributed by atoms with Crippen LogP contribution in [0.5, 0.6) is 0 Å². The van der Waals surface area contributed by atoms with E-state index in [4.69, 9.17) is 14.2 Å². The van der Waals surface area contributed by atoms with E-state index in [1.54, 1.807) is 0 Å². The highest BCUT2D eigenvalue weighted by molar-refractivity contribution is 4.69. The summed E-state index contributed by atoms with van der Waals surface area (Å²) in [7, 11) is 2.44. The molecule has 6 unspecified atom stereocenters. The first-order valence-corrected chi connectivity index (χ1v) is 30.7. The number of aliphatic hydroxyl groups excluding tert-OH is 3. The van der Waals surface area contributed by atoms with Gasteiger partial charge in [0.2, 0.25) is 0 Å². The van der Waals surface area contributed by atoms with E-state index in [0.717, 1.165) is 141 Å². The third-order valence-electron chi connectivity index (χ3n) is 15.7. The van der Waals surface area contributed by atoms with Gasteiger partial charge in [-0.25, -0.2) is 0 Å². The Morgan fingerprint density at radius 2 is 0.485 bits per heavy atom. The fourth-order valence-electron chi connectivity index (χ4n) is 10.5. The standard InChI is InChI=1S/C61H126NO6/c1-8-11-14-17-20-23-26-29-32-35-50-66-53-44-59(56(4)63)41-38-47-62(7,48-39-42-60(57(5)64)45-54-67-51-36-33-30-27-24-21-18-15-12-9-2)49-40-43-61(58(6)65)46-55-68-52-37-34-31-28-25-22-19-16-13-10-3/h56-61,63-65H,8-55H2,1-7H3/q+1. The molecule has 0 aromatic heterocycles. The van der Waals surface area contributed by atoms with Crippen molar-refractivity contribution in [2.75, 3.05) is 66.3 Å². The van der Waals surface area contributed by atoms with Crippen LogP contribution in [0, 0.1) is 17.8 Å². The van der Waals surface area contributed by atoms with Crippen LogP contribution in [0.3, 0.4) is 0 Å². The van der Waals surface area contributed by atoms with Crippen molar-refractivity contribution in [3.05, 3.63) is 0 Å². The van der Waals surface area contributed by atoms with Gasteiger partial charge in [-0.15, -0.1) is 0 Å². The molecule has 0 spiro atoms. The molecule has 3 N–H and O–H groups in total. The number of hydrogen-bond donors (Lipinski definition) is 3. The van der Waals surface area contributed by atoms with Gasteiger partial charge < -0.3 is 34.0 Å². The number of unbranched alkanes of at least 4 members (excludes halogenated alkanes) is 27. The molecule has 0 aliphatic heterocycles. The molecule has 68 heavy (non-hydrogen) atoms. The number of hydrogen-bond acceptors (Lipinski definition) is 6. The molecular formula is C61H126NO6+. The van der Waals surface area contributed by atoms with Crippen molar-refractivity contribution >= 4 is 0 Å². The maximum atomic E-state index is 10.8. The molecule has 7 heteroatoms. The lowest BCUT2D eigenvalue weighted by Gasteiger charge is -2.36. The molecule has 0 saturated carbocycles. The zero-order valence-electron chi connectivity index (χ0n) is 47.4. The lowest BCUT2D eigenvalue weighted by atomic mass is 9.92. The molecule has 410 valence electrons. The molecular weight excluding hydrogens is 843 g/mol. The maximum absolute atomic E-state index is 10.8. The fraction of sp³-hybridized carbons (Fsp3) is 1.00. The molecule has 0 bridgehead atoms. The summed E-state index contributed by atoms with van der Waals surface area (Å²) in [6.45, 7) is 20.8. The Hall–Kier alpha value is -0.280. The van der Waals surface area contributed by atoms with Gasteiger partial charge in [-0.2, -0.15) is 0 Å². The molecule has 0 aromatic rings. The minimum Gasteiger partial charge on any atom is -0.393 e. The average Bonchev–Trinajstić information content (AvgIpc) is 3.31. The predicted molar refractivity (Wildman–Crippen MR) is 296 cm³/mol. The van der Waals surface area contributed by atoms with Gasteiger partial charge in [-0.3, -0.25) is 0 Å². The number of aliphatic hydroxyl groups is 3. The Morgan fingerprint density at radius 3 is 0.691 bits per heavy atom. The van der Waals surface area contributed by atoms with Crippen molar-refractivity contribution in [2.24, 2.45) is 17.8 Å². The van der Waals surface area contributed by atoms with Crippen molar-refractivity contribution in [1.82, 2.24) is 0 Å². The largest absolute Gasteiger partial charge is 0.393 e. The van der Waals surface area contributed by atoms with Crippen molar-refractivity contribution in [2.45, 2.75) is 310 Å². The van der Waals surface area contributed by atoms with Crippen LogP contribution in [0.2, 0.25) is 0 Å². The van der Waals surface area contributed by atoms with Crippen molar-refractivity contribution in [3.8, 4) is 0 Å². The molecule has 0 rings (SSSR count). The minimum atomic E-state index is -0.326. The molecule has 0 aromatic carbocycles. The third kappa shape index (κ3) is 45.6. The van der Waals surface area contributed by atoms with Crippen molar-refractivity contribution in [1.29, 1.82) is 0 Å². The first-order valence-electron chi connectivity index (χ1n) is 30.7. The highest BCUT2D eigenvalue weighted by Gasteiger charge is 2.26. The molecule has 0 aliphatic carbocycles. The van der Waals surface area contributed by atoms with Gasteiger partial charge in [0.1, 0.15) is 0 Å². The van der Waals surface area contributed by atoms with Crippen LogP contribution in [0.4, 0.5) is 0 Å². The summed E-state index contributed by atoms with van der Waals surface area (Å²) < 4.78 is 19.3. The molecule has 6 atom stereocenters. The molecule has 0 saturated heterocycles. The van der Waals surface area contributed by atoms with E-state index in [2.05, 4.69) is 27.8 Å². The Labute approximate surface area is 426 Å². The van der Waals surface area contributed by atoms with Crippen molar-refractivity contribution in [3.63, 3.8) is 0 Å². The van der Waals surface area contributed by atoms with E-state index in [1.165, 1.54) is 173 Å². The SMILES string of the molecule is CCCCCCCCCCCCOCCC(CCC[N+](C)(CCCC(CCOCCCCCCCCCCCC)C(C)O)CCCC(CCOCCCCCCCCCCCC)C(C)O)C(C)O. The summed E-state index contributed by atoms with van der Waals surface area (Å²) >= 11 is 0. The fourth-order valence-corrected chi connectivity index (χ4v) is 10.5. The monoisotopic (exact) mass is 969 g/mol. The number of ether oxygens (including phenoxy) is 3. The number of rotatable bonds is 57. The smallest absolute Gasteiger partial charge is 0.0784 e. The van der Waals surface area contributed by atoms with Gasteiger partial charge in [-0.05, 0) is 116 Å². The van der Waals surface area contributed by atoms with Gasteiger partial charge >= 0.3 is 0 Å². The van der Waals surface area contributed by atoms with E-state index in [-0.39, 0.29) is 36.1 Å². The minimum absolute atomic E-state index is 0.260. The molecule has 0 radical (unpaired) electrons. The molecule has 0 fully saturated rings. The molecule has 0 aliphatic rings. The van der Waals surface area contributed by atoms with E-state index in [9.17, 15) is 15.3 Å². The summed E-state index contributed by atoms with van der Waals surface area (Å²) in [5.74, 6) is 0.781. The molecule has 0 heterocycles. The van der Waals surface area contributed by atoms with E-state index in [1.807, 2.05) is 20.8 Å². The Kier molecular flexibility index (Phi) is 51.4. The molecule has 7 nitrogen and oxygen atoms in total. The van der Waals surface area contributed by atoms with Crippen LogP contribution in [0.15, 0.2) is 0 Å². The Balaban J connectivity index is 4.96. The van der Waals surface area contributed by atoms with Crippen LogP contribution in [0.1, 0.15) is 292 Å². The highest BCUT2D eigenvalue weighted by Crippen LogP contribution is 2.24. The van der Waals surface area contributed by atoms with Gasteiger partial charge in [0.15, 0.2) is 0 Å². The quantitative estimate of drug-likeness (QED) is 0.0416. The van der Waals surface area contributed by atoms with Gasteiger partial charge in [-0.1, -0.05) is 194 Å². The Bertz CT molecular complexity index is 846. The summed E-state index contributed by atoms with van der Waals surface area (Å²) in [6.07, 6.45) is 48.3. The van der Waals surface area contributed by atoms with Crippen LogP contribution in [-0.4, -0.2) is 104 Å². The van der Waals surface area contributed by atoms with Gasteiger partial charge in [0.05, 0.1) is 45.0 Å². The highest BCUT2D eigenvalue weighted by atomic mass is 16.5. The molecule has 0 amide bonds. The number of nitrogens with zero attached hydrogens (tertiary/aromatic N) is 1. The van der Waals surface area contributed by atoms with Gasteiger partial charge in [0.25, 0.3) is 0 Å². The first kappa shape index (κ1) is 67.7. The summed E-state index contributed by atoms with van der Waals surface area (Å²) in [5, 5.41) is 32.4. The van der Waals surface area contributed by atoms with Crippen LogP contribution in [0.25, 0.3) is 0 Å². The third-order valence-corrected chi connectivity index (χ3v) is 15.7. The van der Waals surface area contributed by atoms with Crippen LogP contribution < -0.4 is 0 Å². The lowest BCUT2D eigenvalue weighted by Crippen LogP contribution is -2.47. The first-order chi connectivity index (χ1) is 33.1. The average molecular weight is 970 g/mol. The summed E-state index contributed by atoms with van der Waals surface area (Å²) in [6, 6.07) is 0.